The maximum Gasteiger partial charge on any atom is 0.314 e. The first-order chi connectivity index (χ1) is 13.1. The van der Waals surface area contributed by atoms with Crippen molar-refractivity contribution in [3.8, 4) is 5.69 Å². The van der Waals surface area contributed by atoms with Crippen LogP contribution in [0.3, 0.4) is 0 Å². The standard InChI is InChI=1S/C19H25N5O2S/c1-3-23(4-2)11-10-20-18(25)19(26)21-17-15-12-27-13-16(15)22-24(17)14-8-6-5-7-9-14/h5-9H,3-4,10-13H2,1-2H3,(H,20,25)(H,21,26). The molecule has 2 amide bonds. The average Bonchev–Trinajstić information content (AvgIpc) is 3.28. The molecule has 2 heterocycles. The molecule has 0 unspecified atom stereocenters. The Morgan fingerprint density at radius 3 is 2.59 bits per heavy atom. The Morgan fingerprint density at radius 2 is 1.89 bits per heavy atom. The molecule has 1 aromatic heterocycles. The maximum absolute atomic E-state index is 12.4. The number of nitrogens with zero attached hydrogens (tertiary/aromatic N) is 3. The van der Waals surface area contributed by atoms with Gasteiger partial charge in [0.15, 0.2) is 0 Å². The monoisotopic (exact) mass is 387 g/mol. The number of rotatable bonds is 7. The van der Waals surface area contributed by atoms with Crippen molar-refractivity contribution in [3.63, 3.8) is 0 Å². The molecule has 2 aromatic rings. The predicted octanol–water partition coefficient (Wildman–Crippen LogP) is 2.02. The SMILES string of the molecule is CCN(CC)CCNC(=O)C(=O)Nc1c2c(nn1-c1ccccc1)CSC2. The highest BCUT2D eigenvalue weighted by Crippen LogP contribution is 2.35. The van der Waals surface area contributed by atoms with Crippen LogP contribution < -0.4 is 10.6 Å². The van der Waals surface area contributed by atoms with E-state index in [1.807, 2.05) is 30.3 Å². The molecular formula is C19H25N5O2S. The van der Waals surface area contributed by atoms with Crippen molar-refractivity contribution in [2.75, 3.05) is 31.5 Å². The minimum Gasteiger partial charge on any atom is -0.347 e. The highest BCUT2D eigenvalue weighted by Gasteiger charge is 2.26. The number of anilines is 1. The molecule has 7 nitrogen and oxygen atoms in total. The van der Waals surface area contributed by atoms with E-state index in [2.05, 4.69) is 34.5 Å². The lowest BCUT2D eigenvalue weighted by molar-refractivity contribution is -0.136. The Kier molecular flexibility index (Phi) is 6.52. The number of hydrogen-bond donors (Lipinski definition) is 2. The summed E-state index contributed by atoms with van der Waals surface area (Å²) in [6.45, 7) is 7.14. The van der Waals surface area contributed by atoms with Crippen molar-refractivity contribution in [3.05, 3.63) is 41.6 Å². The summed E-state index contributed by atoms with van der Waals surface area (Å²) >= 11 is 1.75. The number of carbonyl (C=O) groups is 2. The summed E-state index contributed by atoms with van der Waals surface area (Å²) in [7, 11) is 0. The van der Waals surface area contributed by atoms with Gasteiger partial charge in [0.2, 0.25) is 0 Å². The summed E-state index contributed by atoms with van der Waals surface area (Å²) in [5.74, 6) is 0.897. The van der Waals surface area contributed by atoms with Gasteiger partial charge in [0, 0.05) is 30.2 Å². The largest absolute Gasteiger partial charge is 0.347 e. The minimum atomic E-state index is -0.661. The second kappa shape index (κ2) is 9.05. The van der Waals surface area contributed by atoms with E-state index in [-0.39, 0.29) is 0 Å². The number of aromatic nitrogens is 2. The zero-order chi connectivity index (χ0) is 19.2. The second-order valence-corrected chi connectivity index (χ2v) is 7.24. The van der Waals surface area contributed by atoms with Crippen molar-refractivity contribution in [1.29, 1.82) is 0 Å². The van der Waals surface area contributed by atoms with E-state index in [1.165, 1.54) is 0 Å². The minimum absolute atomic E-state index is 0.444. The summed E-state index contributed by atoms with van der Waals surface area (Å²) in [5, 5.41) is 10.1. The molecule has 3 rings (SSSR count). The van der Waals surface area contributed by atoms with Crippen LogP contribution in [0.25, 0.3) is 5.69 Å². The number of fused-ring (bicyclic) bond motifs is 1. The van der Waals surface area contributed by atoms with Gasteiger partial charge in [-0.2, -0.15) is 16.9 Å². The molecule has 0 saturated carbocycles. The lowest BCUT2D eigenvalue weighted by Gasteiger charge is -2.17. The number of nitrogens with one attached hydrogen (secondary N) is 2. The Morgan fingerprint density at radius 1 is 1.15 bits per heavy atom. The molecule has 144 valence electrons. The zero-order valence-electron chi connectivity index (χ0n) is 15.7. The summed E-state index contributed by atoms with van der Waals surface area (Å²) in [6.07, 6.45) is 0. The van der Waals surface area contributed by atoms with Gasteiger partial charge >= 0.3 is 11.8 Å². The topological polar surface area (TPSA) is 79.3 Å². The van der Waals surface area contributed by atoms with E-state index in [9.17, 15) is 9.59 Å². The lowest BCUT2D eigenvalue weighted by atomic mass is 10.2. The Balaban J connectivity index is 1.70. The average molecular weight is 388 g/mol. The molecule has 0 bridgehead atoms. The van der Waals surface area contributed by atoms with Gasteiger partial charge in [-0.15, -0.1) is 0 Å². The molecule has 0 radical (unpaired) electrons. The van der Waals surface area contributed by atoms with Crippen LogP contribution in [0.4, 0.5) is 5.82 Å². The number of para-hydroxylation sites is 1. The van der Waals surface area contributed by atoms with Gasteiger partial charge in [-0.25, -0.2) is 4.68 Å². The van der Waals surface area contributed by atoms with E-state index in [4.69, 9.17) is 0 Å². The molecule has 27 heavy (non-hydrogen) atoms. The fourth-order valence-corrected chi connectivity index (χ4v) is 4.04. The van der Waals surface area contributed by atoms with Gasteiger partial charge < -0.3 is 15.5 Å². The third-order valence-electron chi connectivity index (χ3n) is 4.60. The van der Waals surface area contributed by atoms with E-state index in [1.54, 1.807) is 16.4 Å². The quantitative estimate of drug-likeness (QED) is 0.711. The Labute approximate surface area is 163 Å². The van der Waals surface area contributed by atoms with Gasteiger partial charge in [-0.3, -0.25) is 9.59 Å². The van der Waals surface area contributed by atoms with Crippen LogP contribution in [-0.2, 0) is 21.1 Å². The molecule has 0 fully saturated rings. The first-order valence-electron chi connectivity index (χ1n) is 9.19. The number of thioether (sulfide) groups is 1. The normalized spacial score (nSPS) is 12.9. The summed E-state index contributed by atoms with van der Waals surface area (Å²) < 4.78 is 1.71. The maximum atomic E-state index is 12.4. The number of benzene rings is 1. The third kappa shape index (κ3) is 4.51. The molecular weight excluding hydrogens is 362 g/mol. The summed E-state index contributed by atoms with van der Waals surface area (Å²) in [6, 6.07) is 9.62. The predicted molar refractivity (Wildman–Crippen MR) is 108 cm³/mol. The number of amides is 2. The van der Waals surface area contributed by atoms with Crippen molar-refractivity contribution in [2.45, 2.75) is 25.4 Å². The summed E-state index contributed by atoms with van der Waals surface area (Å²) in [4.78, 5) is 26.8. The zero-order valence-corrected chi connectivity index (χ0v) is 16.5. The molecule has 1 aliphatic rings. The van der Waals surface area contributed by atoms with Gasteiger partial charge in [0.1, 0.15) is 5.82 Å². The van der Waals surface area contributed by atoms with Crippen LogP contribution in [-0.4, -0.2) is 52.7 Å². The Bertz CT molecular complexity index is 802. The highest BCUT2D eigenvalue weighted by atomic mass is 32.2. The molecule has 2 N–H and O–H groups in total. The van der Waals surface area contributed by atoms with Crippen molar-refractivity contribution < 1.29 is 9.59 Å². The number of carbonyl (C=O) groups excluding carboxylic acids is 2. The van der Waals surface area contributed by atoms with Crippen LogP contribution in [0.5, 0.6) is 0 Å². The van der Waals surface area contributed by atoms with Crippen molar-refractivity contribution in [1.82, 2.24) is 20.0 Å². The van der Waals surface area contributed by atoms with E-state index in [0.717, 1.165) is 48.1 Å². The fraction of sp³-hybridized carbons (Fsp3) is 0.421. The van der Waals surface area contributed by atoms with Crippen molar-refractivity contribution >= 4 is 29.4 Å². The van der Waals surface area contributed by atoms with Crippen molar-refractivity contribution in [2.24, 2.45) is 0 Å². The van der Waals surface area contributed by atoms with Crippen LogP contribution in [0.1, 0.15) is 25.1 Å². The molecule has 1 aliphatic heterocycles. The molecule has 8 heteroatoms. The van der Waals surface area contributed by atoms with Crippen LogP contribution >= 0.6 is 11.8 Å². The molecule has 0 spiro atoms. The molecule has 0 saturated heterocycles. The van der Waals surface area contributed by atoms with Crippen LogP contribution in [0.15, 0.2) is 30.3 Å². The lowest BCUT2D eigenvalue weighted by Crippen LogP contribution is -2.40. The van der Waals surface area contributed by atoms with Gasteiger partial charge in [-0.1, -0.05) is 32.0 Å². The van der Waals surface area contributed by atoms with Gasteiger partial charge in [0.05, 0.1) is 11.4 Å². The second-order valence-electron chi connectivity index (χ2n) is 6.25. The number of hydrogen-bond acceptors (Lipinski definition) is 5. The smallest absolute Gasteiger partial charge is 0.314 e. The number of likely N-dealkylation sites (N-methyl/N-ethyl adjacent to an activating group) is 1. The first-order valence-corrected chi connectivity index (χ1v) is 10.3. The summed E-state index contributed by atoms with van der Waals surface area (Å²) in [5.41, 5.74) is 2.81. The molecule has 1 aromatic carbocycles. The third-order valence-corrected chi connectivity index (χ3v) is 5.57. The first kappa shape index (κ1) is 19.4. The molecule has 0 atom stereocenters. The van der Waals surface area contributed by atoms with Crippen LogP contribution in [0.2, 0.25) is 0 Å². The van der Waals surface area contributed by atoms with E-state index >= 15 is 0 Å². The molecule has 0 aliphatic carbocycles. The fourth-order valence-electron chi connectivity index (χ4n) is 3.01. The van der Waals surface area contributed by atoms with E-state index < -0.39 is 11.8 Å². The Hall–Kier alpha value is -2.32. The van der Waals surface area contributed by atoms with Crippen LogP contribution in [0, 0.1) is 0 Å². The van der Waals surface area contributed by atoms with Gasteiger partial charge in [0.25, 0.3) is 0 Å². The highest BCUT2D eigenvalue weighted by molar-refractivity contribution is 7.98. The van der Waals surface area contributed by atoms with Gasteiger partial charge in [-0.05, 0) is 25.2 Å². The van der Waals surface area contributed by atoms with E-state index in [0.29, 0.717) is 12.4 Å².